The first-order valence-electron chi connectivity index (χ1n) is 3.10. The van der Waals surface area contributed by atoms with Gasteiger partial charge < -0.3 is 6.92 Å². The third kappa shape index (κ3) is 1.34. The molecule has 48 valence electrons. The van der Waals surface area contributed by atoms with Crippen LogP contribution in [0.5, 0.6) is 0 Å². The summed E-state index contributed by atoms with van der Waals surface area (Å²) in [7, 11) is 0. The minimum Gasteiger partial charge on any atom is -0.333 e. The predicted molar refractivity (Wildman–Crippen MR) is 39.9 cm³/mol. The van der Waals surface area contributed by atoms with Gasteiger partial charge in [0.05, 0.1) is 0 Å². The number of rotatable bonds is 1. The van der Waals surface area contributed by atoms with E-state index in [0.717, 1.165) is 0 Å². The first kappa shape index (κ1) is 6.38. The first-order valence-corrected chi connectivity index (χ1v) is 3.10. The van der Waals surface area contributed by atoms with Crippen molar-refractivity contribution in [3.63, 3.8) is 0 Å². The van der Waals surface area contributed by atoms with Gasteiger partial charge in [-0.1, -0.05) is 26.0 Å². The van der Waals surface area contributed by atoms with Crippen LogP contribution in [0.4, 0.5) is 0 Å². The second-order valence-corrected chi connectivity index (χ2v) is 2.97. The summed E-state index contributed by atoms with van der Waals surface area (Å²) in [5, 5.41) is 0. The van der Waals surface area contributed by atoms with Gasteiger partial charge in [0.2, 0.25) is 0 Å². The summed E-state index contributed by atoms with van der Waals surface area (Å²) in [5.41, 5.74) is 4.31. The van der Waals surface area contributed by atoms with Crippen molar-refractivity contribution in [2.75, 3.05) is 0 Å². The van der Waals surface area contributed by atoms with Gasteiger partial charge in [-0.15, -0.1) is 11.1 Å². The summed E-state index contributed by atoms with van der Waals surface area (Å²) in [5.74, 6) is 0. The molecule has 0 atom stereocenters. The van der Waals surface area contributed by atoms with Crippen LogP contribution >= 0.6 is 0 Å². The zero-order chi connectivity index (χ0) is 6.91. The van der Waals surface area contributed by atoms with Gasteiger partial charge in [-0.2, -0.15) is 0 Å². The highest BCUT2D eigenvalue weighted by Crippen LogP contribution is 2.26. The van der Waals surface area contributed by atoms with E-state index in [2.05, 4.69) is 26.5 Å². The Labute approximate surface area is 56.6 Å². The van der Waals surface area contributed by atoms with E-state index in [1.807, 2.05) is 18.2 Å². The Kier molecular flexibility index (Phi) is 1.34. The molecule has 0 unspecified atom stereocenters. The van der Waals surface area contributed by atoms with E-state index in [0.29, 0.717) is 0 Å². The Morgan fingerprint density at radius 2 is 2.22 bits per heavy atom. The summed E-state index contributed by atoms with van der Waals surface area (Å²) >= 11 is 0. The monoisotopic (exact) mass is 119 g/mol. The van der Waals surface area contributed by atoms with Crippen LogP contribution < -0.4 is 0 Å². The van der Waals surface area contributed by atoms with Crippen LogP contribution in [0.1, 0.15) is 13.8 Å². The van der Waals surface area contributed by atoms with Crippen LogP contribution in [0.3, 0.4) is 0 Å². The molecule has 0 aromatic rings. The summed E-state index contributed by atoms with van der Waals surface area (Å²) in [6, 6.07) is 0. The highest BCUT2D eigenvalue weighted by atomic mass is 14.2. The maximum Gasteiger partial charge on any atom is -0.0197 e. The summed E-state index contributed by atoms with van der Waals surface area (Å²) in [4.78, 5) is 0. The Hall–Kier alpha value is -0.740. The maximum atomic E-state index is 3.98. The van der Waals surface area contributed by atoms with E-state index in [1.165, 1.54) is 5.57 Å². The predicted octanol–water partition coefficient (Wildman–Crippen LogP) is 2.50. The van der Waals surface area contributed by atoms with Gasteiger partial charge in [0.15, 0.2) is 0 Å². The Bertz CT molecular complexity index is 193. The molecule has 0 aromatic carbocycles. The maximum absolute atomic E-state index is 3.98. The van der Waals surface area contributed by atoms with Crippen LogP contribution in [-0.2, 0) is 0 Å². The highest BCUT2D eigenvalue weighted by Gasteiger charge is 2.06. The van der Waals surface area contributed by atoms with Crippen molar-refractivity contribution >= 4 is 0 Å². The van der Waals surface area contributed by atoms with Gasteiger partial charge in [-0.05, 0) is 11.6 Å². The molecule has 0 saturated heterocycles. The molecule has 0 aromatic heterocycles. The molecule has 9 heavy (non-hydrogen) atoms. The lowest BCUT2D eigenvalue weighted by Crippen LogP contribution is -2.05. The van der Waals surface area contributed by atoms with Gasteiger partial charge >= 0.3 is 0 Å². The van der Waals surface area contributed by atoms with Crippen molar-refractivity contribution in [3.05, 3.63) is 36.5 Å². The van der Waals surface area contributed by atoms with Gasteiger partial charge in [-0.25, -0.2) is 0 Å². The molecule has 1 aliphatic rings. The van der Waals surface area contributed by atoms with E-state index in [4.69, 9.17) is 0 Å². The highest BCUT2D eigenvalue weighted by molar-refractivity contribution is 5.34. The van der Waals surface area contributed by atoms with Gasteiger partial charge in [-0.3, -0.25) is 0 Å². The van der Waals surface area contributed by atoms with Crippen molar-refractivity contribution in [1.82, 2.24) is 0 Å². The van der Waals surface area contributed by atoms with Crippen molar-refractivity contribution in [3.8, 4) is 0 Å². The first-order chi connectivity index (χ1) is 4.11. The molecule has 0 bridgehead atoms. The number of hydrogen-bond acceptors (Lipinski definition) is 0. The lowest BCUT2D eigenvalue weighted by Gasteiger charge is -2.25. The summed E-state index contributed by atoms with van der Waals surface area (Å²) in [6.07, 6.45) is 5.96. The fourth-order valence-electron chi connectivity index (χ4n) is 0.751. The Morgan fingerprint density at radius 3 is 2.44 bits per heavy atom. The fraction of sp³-hybridized carbons (Fsp3) is 0.333. The molecule has 0 nitrogen and oxygen atoms in total. The Balaban J connectivity index is 2.88. The zero-order valence-electron chi connectivity index (χ0n) is 5.94. The van der Waals surface area contributed by atoms with Gasteiger partial charge in [0.25, 0.3) is 0 Å². The van der Waals surface area contributed by atoms with Crippen LogP contribution in [0, 0.1) is 12.3 Å². The van der Waals surface area contributed by atoms with E-state index < -0.39 is 0 Å². The SMILES string of the molecule is [CH2-]C(C)(C)C1=C=CC=C1. The third-order valence-electron chi connectivity index (χ3n) is 1.33. The number of hydrogen-bond donors (Lipinski definition) is 0. The largest absolute Gasteiger partial charge is 0.333 e. The fourth-order valence-corrected chi connectivity index (χ4v) is 0.751. The summed E-state index contributed by atoms with van der Waals surface area (Å²) in [6.45, 7) is 8.15. The van der Waals surface area contributed by atoms with Gasteiger partial charge in [0.1, 0.15) is 0 Å². The molecule has 1 aliphatic carbocycles. The lowest BCUT2D eigenvalue weighted by molar-refractivity contribution is 0.592. The molecule has 0 radical (unpaired) electrons. The topological polar surface area (TPSA) is 0 Å². The summed E-state index contributed by atoms with van der Waals surface area (Å²) < 4.78 is 0. The molecule has 1 rings (SSSR count). The Morgan fingerprint density at radius 1 is 1.56 bits per heavy atom. The van der Waals surface area contributed by atoms with Crippen molar-refractivity contribution < 1.29 is 0 Å². The van der Waals surface area contributed by atoms with E-state index >= 15 is 0 Å². The second kappa shape index (κ2) is 1.89. The molecule has 0 N–H and O–H groups in total. The average molecular weight is 119 g/mol. The standard InChI is InChI=1S/C9H11/c1-9(2,3)8-6-4-5-7-8/h4-6H,1H2,2-3H3/q-1. The lowest BCUT2D eigenvalue weighted by atomic mass is 9.88. The smallest absolute Gasteiger partial charge is 0.0197 e. The van der Waals surface area contributed by atoms with E-state index in [-0.39, 0.29) is 5.41 Å². The normalized spacial score (nSPS) is 16.6. The molecule has 0 heteroatoms. The molecule has 0 amide bonds. The van der Waals surface area contributed by atoms with Crippen LogP contribution in [0.15, 0.2) is 29.5 Å². The molecule has 0 heterocycles. The van der Waals surface area contributed by atoms with Crippen molar-refractivity contribution in [2.24, 2.45) is 5.41 Å². The second-order valence-electron chi connectivity index (χ2n) is 2.97. The van der Waals surface area contributed by atoms with Crippen molar-refractivity contribution in [2.45, 2.75) is 13.8 Å². The molecular weight excluding hydrogens is 108 g/mol. The minimum absolute atomic E-state index is 0.0174. The van der Waals surface area contributed by atoms with Crippen LogP contribution in [-0.4, -0.2) is 0 Å². The molecule has 0 fully saturated rings. The zero-order valence-corrected chi connectivity index (χ0v) is 5.94. The molecule has 0 saturated carbocycles. The quantitative estimate of drug-likeness (QED) is 0.367. The van der Waals surface area contributed by atoms with Crippen molar-refractivity contribution in [1.29, 1.82) is 0 Å². The van der Waals surface area contributed by atoms with Crippen LogP contribution in [0.25, 0.3) is 0 Å². The third-order valence-corrected chi connectivity index (χ3v) is 1.33. The number of allylic oxidation sites excluding steroid dienone is 3. The minimum atomic E-state index is 0.0174. The van der Waals surface area contributed by atoms with E-state index in [1.54, 1.807) is 0 Å². The van der Waals surface area contributed by atoms with Gasteiger partial charge in [0, 0.05) is 0 Å². The molecule has 0 aliphatic heterocycles. The van der Waals surface area contributed by atoms with E-state index in [9.17, 15) is 0 Å². The molecular formula is C9H11-. The van der Waals surface area contributed by atoms with Crippen LogP contribution in [0.2, 0.25) is 0 Å². The average Bonchev–Trinajstić information content (AvgIpc) is 2.08. The molecule has 0 spiro atoms.